The number of hydrogen-bond acceptors (Lipinski definition) is 4. The molecule has 0 unspecified atom stereocenters. The van der Waals surface area contributed by atoms with Gasteiger partial charge >= 0.3 is 5.97 Å². The van der Waals surface area contributed by atoms with E-state index in [-0.39, 0.29) is 5.97 Å². The molecule has 0 aromatic heterocycles. The Labute approximate surface area is 117 Å². The number of rotatable bonds is 4. The Balaban J connectivity index is 2.06. The molecule has 0 saturated carbocycles. The fourth-order valence-corrected chi connectivity index (χ4v) is 4.64. The summed E-state index contributed by atoms with van der Waals surface area (Å²) in [5.74, 6) is 2.22. The van der Waals surface area contributed by atoms with Crippen molar-refractivity contribution in [3.05, 3.63) is 35.4 Å². The van der Waals surface area contributed by atoms with Gasteiger partial charge in [0.05, 0.1) is 16.8 Å². The molecule has 18 heavy (non-hydrogen) atoms. The van der Waals surface area contributed by atoms with Crippen molar-refractivity contribution in [3.63, 3.8) is 0 Å². The number of benzene rings is 1. The number of carbonyl (C=O) groups excluding carboxylic acids is 1. The maximum Gasteiger partial charge on any atom is 0.338 e. The van der Waals surface area contributed by atoms with Gasteiger partial charge in [0.2, 0.25) is 0 Å². The predicted octanol–water partition coefficient (Wildman–Crippen LogP) is 4.12. The summed E-state index contributed by atoms with van der Waals surface area (Å²) in [4.78, 5) is 11.8. The molecule has 0 radical (unpaired) electrons. The third-order valence-corrected chi connectivity index (χ3v) is 5.67. The lowest BCUT2D eigenvalue weighted by molar-refractivity contribution is 0.0505. The first kappa shape index (κ1) is 13.8. The SMILES string of the molecule is CCCOC(=O)c1cccc(C2SCCCS2)c1. The topological polar surface area (TPSA) is 26.3 Å². The van der Waals surface area contributed by atoms with Crippen molar-refractivity contribution < 1.29 is 9.53 Å². The fourth-order valence-electron chi connectivity index (χ4n) is 1.77. The van der Waals surface area contributed by atoms with Gasteiger partial charge in [0, 0.05) is 0 Å². The molecule has 1 aliphatic rings. The van der Waals surface area contributed by atoms with E-state index in [2.05, 4.69) is 6.07 Å². The van der Waals surface area contributed by atoms with Gasteiger partial charge in [0.15, 0.2) is 0 Å². The second-order valence-electron chi connectivity index (χ2n) is 4.19. The lowest BCUT2D eigenvalue weighted by atomic mass is 10.1. The summed E-state index contributed by atoms with van der Waals surface area (Å²) in [5.41, 5.74) is 1.91. The molecule has 0 aliphatic carbocycles. The summed E-state index contributed by atoms with van der Waals surface area (Å²) in [6.45, 7) is 2.50. The van der Waals surface area contributed by atoms with E-state index in [9.17, 15) is 4.79 Å². The third kappa shape index (κ3) is 3.69. The Morgan fingerprint density at radius 3 is 2.89 bits per heavy atom. The molecule has 1 saturated heterocycles. The Morgan fingerprint density at radius 2 is 2.17 bits per heavy atom. The van der Waals surface area contributed by atoms with Crippen LogP contribution in [0, 0.1) is 0 Å². The third-order valence-electron chi connectivity index (χ3n) is 2.66. The van der Waals surface area contributed by atoms with E-state index in [0.717, 1.165) is 6.42 Å². The highest BCUT2D eigenvalue weighted by molar-refractivity contribution is 8.16. The van der Waals surface area contributed by atoms with Gasteiger partial charge in [-0.2, -0.15) is 0 Å². The van der Waals surface area contributed by atoms with E-state index in [4.69, 9.17) is 4.74 Å². The van der Waals surface area contributed by atoms with Gasteiger partial charge in [0.1, 0.15) is 0 Å². The van der Waals surface area contributed by atoms with Gasteiger partial charge in [0.25, 0.3) is 0 Å². The monoisotopic (exact) mass is 282 g/mol. The zero-order chi connectivity index (χ0) is 12.8. The van der Waals surface area contributed by atoms with Crippen LogP contribution in [0.15, 0.2) is 24.3 Å². The van der Waals surface area contributed by atoms with E-state index in [1.165, 1.54) is 23.5 Å². The zero-order valence-electron chi connectivity index (χ0n) is 10.6. The first-order chi connectivity index (χ1) is 8.81. The van der Waals surface area contributed by atoms with Crippen LogP contribution in [0.25, 0.3) is 0 Å². The smallest absolute Gasteiger partial charge is 0.338 e. The van der Waals surface area contributed by atoms with Gasteiger partial charge in [-0.3, -0.25) is 0 Å². The molecule has 2 rings (SSSR count). The molecule has 1 aliphatic heterocycles. The standard InChI is InChI=1S/C14H18O2S2/c1-2-7-16-13(15)11-5-3-6-12(10-11)14-17-8-4-9-18-14/h3,5-6,10,14H,2,4,7-9H2,1H3. The van der Waals surface area contributed by atoms with Crippen LogP contribution in [0.4, 0.5) is 0 Å². The minimum atomic E-state index is -0.204. The maximum absolute atomic E-state index is 11.8. The van der Waals surface area contributed by atoms with E-state index < -0.39 is 0 Å². The first-order valence-corrected chi connectivity index (χ1v) is 8.41. The Bertz CT molecular complexity index is 401. The first-order valence-electron chi connectivity index (χ1n) is 6.31. The summed E-state index contributed by atoms with van der Waals surface area (Å²) in [5, 5.41) is 0. The summed E-state index contributed by atoms with van der Waals surface area (Å²) in [7, 11) is 0. The van der Waals surface area contributed by atoms with Gasteiger partial charge in [-0.1, -0.05) is 19.1 Å². The number of ether oxygens (including phenoxy) is 1. The minimum Gasteiger partial charge on any atom is -0.462 e. The molecule has 0 N–H and O–H groups in total. The van der Waals surface area contributed by atoms with Crippen molar-refractivity contribution in [3.8, 4) is 0 Å². The number of esters is 1. The summed E-state index contributed by atoms with van der Waals surface area (Å²) < 4.78 is 5.64. The molecule has 1 heterocycles. The van der Waals surface area contributed by atoms with Gasteiger partial charge in [-0.15, -0.1) is 23.5 Å². The Kier molecular flexibility index (Phi) is 5.45. The van der Waals surface area contributed by atoms with Crippen LogP contribution in [-0.4, -0.2) is 24.1 Å². The van der Waals surface area contributed by atoms with Crippen LogP contribution < -0.4 is 0 Å². The quantitative estimate of drug-likeness (QED) is 0.776. The van der Waals surface area contributed by atoms with E-state index in [1.807, 2.05) is 48.6 Å². The second kappa shape index (κ2) is 7.10. The van der Waals surface area contributed by atoms with Crippen LogP contribution in [0.1, 0.15) is 40.3 Å². The molecule has 2 nitrogen and oxygen atoms in total. The largest absolute Gasteiger partial charge is 0.462 e. The van der Waals surface area contributed by atoms with E-state index in [1.54, 1.807) is 0 Å². The number of hydrogen-bond donors (Lipinski definition) is 0. The van der Waals surface area contributed by atoms with Gasteiger partial charge < -0.3 is 4.74 Å². The van der Waals surface area contributed by atoms with Crippen LogP contribution in [0.5, 0.6) is 0 Å². The van der Waals surface area contributed by atoms with Crippen LogP contribution in [0.3, 0.4) is 0 Å². The van der Waals surface area contributed by atoms with Gasteiger partial charge in [-0.05, 0) is 42.0 Å². The van der Waals surface area contributed by atoms with Crippen molar-refractivity contribution in [1.82, 2.24) is 0 Å². The molecule has 0 amide bonds. The predicted molar refractivity (Wildman–Crippen MR) is 79.3 cm³/mol. The Morgan fingerprint density at radius 1 is 1.39 bits per heavy atom. The zero-order valence-corrected chi connectivity index (χ0v) is 12.2. The lowest BCUT2D eigenvalue weighted by Crippen LogP contribution is -2.07. The van der Waals surface area contributed by atoms with Crippen molar-refractivity contribution >= 4 is 29.5 Å². The highest BCUT2D eigenvalue weighted by Gasteiger charge is 2.18. The number of thioether (sulfide) groups is 2. The van der Waals surface area contributed by atoms with Gasteiger partial charge in [-0.25, -0.2) is 4.79 Å². The van der Waals surface area contributed by atoms with E-state index >= 15 is 0 Å². The highest BCUT2D eigenvalue weighted by atomic mass is 32.2. The van der Waals surface area contributed by atoms with Crippen LogP contribution in [-0.2, 0) is 4.74 Å². The molecule has 0 spiro atoms. The van der Waals surface area contributed by atoms with Crippen molar-refractivity contribution in [1.29, 1.82) is 0 Å². The average molecular weight is 282 g/mol. The van der Waals surface area contributed by atoms with Crippen molar-refractivity contribution in [2.24, 2.45) is 0 Å². The molecular weight excluding hydrogens is 264 g/mol. The molecule has 1 aromatic carbocycles. The second-order valence-corrected chi connectivity index (χ2v) is 6.91. The molecule has 1 fully saturated rings. The van der Waals surface area contributed by atoms with Crippen LogP contribution >= 0.6 is 23.5 Å². The maximum atomic E-state index is 11.8. The van der Waals surface area contributed by atoms with E-state index in [0.29, 0.717) is 16.8 Å². The molecule has 0 bridgehead atoms. The molecule has 1 aromatic rings. The average Bonchev–Trinajstić information content (AvgIpc) is 2.46. The summed E-state index contributed by atoms with van der Waals surface area (Å²) in [6.07, 6.45) is 2.14. The minimum absolute atomic E-state index is 0.204. The lowest BCUT2D eigenvalue weighted by Gasteiger charge is -2.21. The van der Waals surface area contributed by atoms with Crippen molar-refractivity contribution in [2.45, 2.75) is 24.3 Å². The summed E-state index contributed by atoms with van der Waals surface area (Å²) >= 11 is 3.93. The molecule has 0 atom stereocenters. The van der Waals surface area contributed by atoms with Crippen molar-refractivity contribution in [2.75, 3.05) is 18.1 Å². The molecule has 4 heteroatoms. The highest BCUT2D eigenvalue weighted by Crippen LogP contribution is 2.43. The normalized spacial score (nSPS) is 16.5. The summed E-state index contributed by atoms with van der Waals surface area (Å²) in [6, 6.07) is 7.87. The molecule has 98 valence electrons. The number of carbonyl (C=O) groups is 1. The molecular formula is C14H18O2S2. The van der Waals surface area contributed by atoms with Crippen LogP contribution in [0.2, 0.25) is 0 Å². The fraction of sp³-hybridized carbons (Fsp3) is 0.500. The Hall–Kier alpha value is -0.610.